The van der Waals surface area contributed by atoms with Crippen molar-refractivity contribution >= 4 is 16.8 Å². The number of anilines is 1. The SMILES string of the molecule is Cc1ccc(-c2cc3c(N)c4c(nc3o2)CCCC4)cc1. The minimum atomic E-state index is 0.670. The highest BCUT2D eigenvalue weighted by atomic mass is 16.3. The summed E-state index contributed by atoms with van der Waals surface area (Å²) in [6.45, 7) is 2.08. The van der Waals surface area contributed by atoms with Crippen LogP contribution < -0.4 is 5.73 Å². The summed E-state index contributed by atoms with van der Waals surface area (Å²) in [7, 11) is 0. The van der Waals surface area contributed by atoms with Gasteiger partial charge in [0.25, 0.3) is 0 Å². The van der Waals surface area contributed by atoms with Crippen LogP contribution in [-0.4, -0.2) is 4.98 Å². The van der Waals surface area contributed by atoms with E-state index in [1.807, 2.05) is 6.07 Å². The molecule has 1 aromatic carbocycles. The van der Waals surface area contributed by atoms with Crippen molar-refractivity contribution in [2.24, 2.45) is 0 Å². The van der Waals surface area contributed by atoms with E-state index in [4.69, 9.17) is 15.1 Å². The lowest BCUT2D eigenvalue weighted by molar-refractivity contribution is 0.608. The van der Waals surface area contributed by atoms with Gasteiger partial charge < -0.3 is 10.2 Å². The Bertz CT molecular complexity index is 815. The van der Waals surface area contributed by atoms with Crippen molar-refractivity contribution in [3.05, 3.63) is 47.2 Å². The first-order chi connectivity index (χ1) is 10.2. The predicted molar refractivity (Wildman–Crippen MR) is 85.2 cm³/mol. The fourth-order valence-electron chi connectivity index (χ4n) is 3.11. The molecule has 4 rings (SSSR count). The number of hydrogen-bond acceptors (Lipinski definition) is 3. The molecule has 3 nitrogen and oxygen atoms in total. The summed E-state index contributed by atoms with van der Waals surface area (Å²) < 4.78 is 5.95. The molecule has 0 fully saturated rings. The third kappa shape index (κ3) is 2.00. The Kier molecular flexibility index (Phi) is 2.74. The van der Waals surface area contributed by atoms with Crippen LogP contribution in [0.5, 0.6) is 0 Å². The van der Waals surface area contributed by atoms with Crippen LogP contribution in [0.3, 0.4) is 0 Å². The number of nitrogens with two attached hydrogens (primary N) is 1. The highest BCUT2D eigenvalue weighted by Gasteiger charge is 2.19. The van der Waals surface area contributed by atoms with E-state index in [9.17, 15) is 0 Å². The molecule has 0 atom stereocenters. The van der Waals surface area contributed by atoms with Crippen molar-refractivity contribution in [2.75, 3.05) is 5.73 Å². The largest absolute Gasteiger partial charge is 0.438 e. The molecule has 1 aliphatic rings. The number of rotatable bonds is 1. The number of aromatic nitrogens is 1. The van der Waals surface area contributed by atoms with E-state index < -0.39 is 0 Å². The summed E-state index contributed by atoms with van der Waals surface area (Å²) in [5, 5.41) is 0.950. The van der Waals surface area contributed by atoms with Gasteiger partial charge in [-0.15, -0.1) is 0 Å². The summed E-state index contributed by atoms with van der Waals surface area (Å²) in [5.41, 5.74) is 12.5. The maximum atomic E-state index is 6.36. The van der Waals surface area contributed by atoms with Crippen molar-refractivity contribution in [3.8, 4) is 11.3 Å². The molecule has 0 unspecified atom stereocenters. The Hall–Kier alpha value is -2.29. The van der Waals surface area contributed by atoms with Gasteiger partial charge in [-0.3, -0.25) is 0 Å². The van der Waals surface area contributed by atoms with Crippen molar-refractivity contribution < 1.29 is 4.42 Å². The smallest absolute Gasteiger partial charge is 0.229 e. The molecule has 2 N–H and O–H groups in total. The number of fused-ring (bicyclic) bond motifs is 2. The van der Waals surface area contributed by atoms with Crippen LogP contribution in [0.1, 0.15) is 29.7 Å². The minimum absolute atomic E-state index is 0.670. The van der Waals surface area contributed by atoms with Gasteiger partial charge in [-0.2, -0.15) is 0 Å². The number of nitrogens with zero attached hydrogens (tertiary/aromatic N) is 1. The first-order valence-electron chi connectivity index (χ1n) is 7.50. The highest BCUT2D eigenvalue weighted by Crippen LogP contribution is 2.35. The summed E-state index contributed by atoms with van der Waals surface area (Å²) in [5.74, 6) is 0.839. The topological polar surface area (TPSA) is 52.0 Å². The third-order valence-electron chi connectivity index (χ3n) is 4.34. The van der Waals surface area contributed by atoms with Crippen LogP contribution in [0.25, 0.3) is 22.4 Å². The zero-order valence-corrected chi connectivity index (χ0v) is 12.1. The second-order valence-electron chi connectivity index (χ2n) is 5.85. The van der Waals surface area contributed by atoms with Crippen LogP contribution in [0.2, 0.25) is 0 Å². The molecule has 21 heavy (non-hydrogen) atoms. The van der Waals surface area contributed by atoms with Gasteiger partial charge in [-0.05, 0) is 44.2 Å². The predicted octanol–water partition coefficient (Wildman–Crippen LogP) is 4.26. The van der Waals surface area contributed by atoms with E-state index in [0.29, 0.717) is 5.71 Å². The molecule has 0 saturated carbocycles. The number of benzene rings is 1. The molecule has 2 heterocycles. The lowest BCUT2D eigenvalue weighted by atomic mass is 9.94. The van der Waals surface area contributed by atoms with E-state index in [1.54, 1.807) is 0 Å². The van der Waals surface area contributed by atoms with Crippen LogP contribution in [0.15, 0.2) is 34.7 Å². The quantitative estimate of drug-likeness (QED) is 0.723. The molecule has 0 aliphatic heterocycles. The first-order valence-corrected chi connectivity index (χ1v) is 7.50. The molecule has 0 radical (unpaired) electrons. The molecule has 0 spiro atoms. The summed E-state index contributed by atoms with van der Waals surface area (Å²) >= 11 is 0. The van der Waals surface area contributed by atoms with E-state index in [1.165, 1.54) is 24.0 Å². The summed E-state index contributed by atoms with van der Waals surface area (Å²) in [6, 6.07) is 10.3. The Morgan fingerprint density at radius 1 is 1.10 bits per heavy atom. The van der Waals surface area contributed by atoms with E-state index in [2.05, 4.69) is 31.2 Å². The fraction of sp³-hybridized carbons (Fsp3) is 0.278. The molecule has 0 saturated heterocycles. The molecular formula is C18H18N2O. The molecule has 0 amide bonds. The molecule has 1 aliphatic carbocycles. The number of aryl methyl sites for hydroxylation is 2. The van der Waals surface area contributed by atoms with Gasteiger partial charge in [0.2, 0.25) is 5.71 Å². The van der Waals surface area contributed by atoms with E-state index in [0.717, 1.165) is 40.9 Å². The van der Waals surface area contributed by atoms with E-state index >= 15 is 0 Å². The van der Waals surface area contributed by atoms with Crippen molar-refractivity contribution in [3.63, 3.8) is 0 Å². The fourth-order valence-corrected chi connectivity index (χ4v) is 3.11. The maximum Gasteiger partial charge on any atom is 0.229 e. The van der Waals surface area contributed by atoms with Crippen molar-refractivity contribution in [1.29, 1.82) is 0 Å². The average molecular weight is 278 g/mol. The molecule has 3 aromatic rings. The van der Waals surface area contributed by atoms with Gasteiger partial charge >= 0.3 is 0 Å². The lowest BCUT2D eigenvalue weighted by Crippen LogP contribution is -2.08. The molecular weight excluding hydrogens is 260 g/mol. The Morgan fingerprint density at radius 3 is 2.67 bits per heavy atom. The van der Waals surface area contributed by atoms with Gasteiger partial charge in [-0.1, -0.05) is 29.8 Å². The van der Waals surface area contributed by atoms with Gasteiger partial charge in [0, 0.05) is 16.9 Å². The summed E-state index contributed by atoms with van der Waals surface area (Å²) in [6.07, 6.45) is 4.44. The molecule has 3 heteroatoms. The number of pyridine rings is 1. The zero-order chi connectivity index (χ0) is 14.4. The lowest BCUT2D eigenvalue weighted by Gasteiger charge is -2.16. The Labute approximate surface area is 123 Å². The normalized spacial score (nSPS) is 14.3. The molecule has 2 aromatic heterocycles. The van der Waals surface area contributed by atoms with Crippen LogP contribution in [0, 0.1) is 6.92 Å². The van der Waals surface area contributed by atoms with Crippen LogP contribution in [-0.2, 0) is 12.8 Å². The second-order valence-corrected chi connectivity index (χ2v) is 5.85. The Balaban J connectivity index is 1.90. The van der Waals surface area contributed by atoms with Gasteiger partial charge in [-0.25, -0.2) is 4.98 Å². The molecule has 106 valence electrons. The number of furan rings is 1. The zero-order valence-electron chi connectivity index (χ0n) is 12.1. The summed E-state index contributed by atoms with van der Waals surface area (Å²) in [4.78, 5) is 4.69. The average Bonchev–Trinajstić information content (AvgIpc) is 2.92. The third-order valence-corrected chi connectivity index (χ3v) is 4.34. The maximum absolute atomic E-state index is 6.36. The Morgan fingerprint density at radius 2 is 1.86 bits per heavy atom. The first kappa shape index (κ1) is 12.5. The van der Waals surface area contributed by atoms with Crippen LogP contribution in [0.4, 0.5) is 5.69 Å². The van der Waals surface area contributed by atoms with E-state index in [-0.39, 0.29) is 0 Å². The second kappa shape index (κ2) is 4.62. The van der Waals surface area contributed by atoms with Crippen LogP contribution >= 0.6 is 0 Å². The highest BCUT2D eigenvalue weighted by molar-refractivity contribution is 5.92. The van der Waals surface area contributed by atoms with Gasteiger partial charge in [0.15, 0.2) is 0 Å². The number of hydrogen-bond donors (Lipinski definition) is 1. The monoisotopic (exact) mass is 278 g/mol. The van der Waals surface area contributed by atoms with Crippen molar-refractivity contribution in [2.45, 2.75) is 32.6 Å². The standard InChI is InChI=1S/C18H18N2O/c1-11-6-8-12(9-7-11)16-10-14-17(19)13-4-2-3-5-15(13)20-18(14)21-16/h6-10H,2-5H2,1H3,(H2,19,20). The van der Waals surface area contributed by atoms with Gasteiger partial charge in [0.1, 0.15) is 5.76 Å². The minimum Gasteiger partial charge on any atom is -0.438 e. The molecule has 0 bridgehead atoms. The number of nitrogen functional groups attached to an aromatic ring is 1. The van der Waals surface area contributed by atoms with Crippen molar-refractivity contribution in [1.82, 2.24) is 4.98 Å². The van der Waals surface area contributed by atoms with Gasteiger partial charge in [0.05, 0.1) is 5.39 Å².